The summed E-state index contributed by atoms with van der Waals surface area (Å²) in [6.07, 6.45) is -3.91. The van der Waals surface area contributed by atoms with Gasteiger partial charge < -0.3 is 24.4 Å². The van der Waals surface area contributed by atoms with Gasteiger partial charge in [0.15, 0.2) is 0 Å². The van der Waals surface area contributed by atoms with E-state index in [1.807, 2.05) is 6.92 Å². The molecule has 2 aliphatic carbocycles. The lowest BCUT2D eigenvalue weighted by atomic mass is 9.66. The Bertz CT molecular complexity index is 747. The molecule has 1 heterocycles. The fourth-order valence-electron chi connectivity index (χ4n) is 5.60. The monoisotopic (exact) mass is 424 g/mol. The van der Waals surface area contributed by atoms with Gasteiger partial charge in [-0.2, -0.15) is 0 Å². The predicted octanol–water partition coefficient (Wildman–Crippen LogP) is 1.37. The maximum Gasteiger partial charge on any atom is 0.334 e. The van der Waals surface area contributed by atoms with Gasteiger partial charge in [0.25, 0.3) is 0 Å². The van der Waals surface area contributed by atoms with Crippen LogP contribution in [0.2, 0.25) is 0 Å². The summed E-state index contributed by atoms with van der Waals surface area (Å²) in [5.74, 6) is -3.72. The third-order valence-corrected chi connectivity index (χ3v) is 7.51. The van der Waals surface area contributed by atoms with Crippen LogP contribution in [0, 0.1) is 29.1 Å². The highest BCUT2D eigenvalue weighted by atomic mass is 16.6. The molecule has 0 bridgehead atoms. The molecule has 2 saturated carbocycles. The smallest absolute Gasteiger partial charge is 0.334 e. The lowest BCUT2D eigenvalue weighted by molar-refractivity contribution is -0.172. The molecular formula is C22H32O8. The summed E-state index contributed by atoms with van der Waals surface area (Å²) in [6.45, 7) is 12.2. The molecule has 0 aromatic rings. The van der Waals surface area contributed by atoms with Crippen LogP contribution in [0.5, 0.6) is 0 Å². The van der Waals surface area contributed by atoms with E-state index in [9.17, 15) is 24.6 Å². The summed E-state index contributed by atoms with van der Waals surface area (Å²) in [5, 5.41) is 22.2. The summed E-state index contributed by atoms with van der Waals surface area (Å²) in [6, 6.07) is 0. The third-order valence-electron chi connectivity index (χ3n) is 7.51. The number of aliphatic hydroxyl groups excluding tert-OH is 2. The zero-order chi connectivity index (χ0) is 22.5. The molecule has 0 radical (unpaired) electrons. The first kappa shape index (κ1) is 22.7. The third kappa shape index (κ3) is 3.34. The lowest BCUT2D eigenvalue weighted by Crippen LogP contribution is -2.51. The molecule has 168 valence electrons. The van der Waals surface area contributed by atoms with Crippen LogP contribution in [0.4, 0.5) is 0 Å². The lowest BCUT2D eigenvalue weighted by Gasteiger charge is -2.43. The van der Waals surface area contributed by atoms with E-state index in [1.165, 1.54) is 6.92 Å². The van der Waals surface area contributed by atoms with Crippen LogP contribution in [-0.2, 0) is 28.6 Å². The van der Waals surface area contributed by atoms with Crippen LogP contribution >= 0.6 is 0 Å². The van der Waals surface area contributed by atoms with Gasteiger partial charge >= 0.3 is 17.9 Å². The van der Waals surface area contributed by atoms with Gasteiger partial charge in [0.1, 0.15) is 18.3 Å². The second-order valence-electron chi connectivity index (χ2n) is 9.23. The number of fused-ring (bicyclic) bond motifs is 2. The van der Waals surface area contributed by atoms with Crippen molar-refractivity contribution in [2.45, 2.75) is 78.0 Å². The number of aliphatic hydroxyl groups is 2. The Morgan fingerprint density at radius 3 is 2.53 bits per heavy atom. The topological polar surface area (TPSA) is 119 Å². The second-order valence-corrected chi connectivity index (χ2v) is 9.23. The van der Waals surface area contributed by atoms with E-state index in [-0.39, 0.29) is 23.9 Å². The van der Waals surface area contributed by atoms with E-state index in [2.05, 4.69) is 6.58 Å². The molecule has 3 fully saturated rings. The molecule has 10 atom stereocenters. The van der Waals surface area contributed by atoms with Gasteiger partial charge in [-0.1, -0.05) is 34.3 Å². The Morgan fingerprint density at radius 2 is 1.97 bits per heavy atom. The largest absolute Gasteiger partial charge is 0.462 e. The van der Waals surface area contributed by atoms with E-state index < -0.39 is 65.6 Å². The molecular weight excluding hydrogens is 392 g/mol. The molecule has 0 spiro atoms. The molecule has 0 aromatic carbocycles. The summed E-state index contributed by atoms with van der Waals surface area (Å²) >= 11 is 0. The Kier molecular flexibility index (Phi) is 6.04. The minimum atomic E-state index is -1.10. The highest BCUT2D eigenvalue weighted by Gasteiger charge is 2.68. The summed E-state index contributed by atoms with van der Waals surface area (Å²) in [7, 11) is 0. The number of carbonyl (C=O) groups excluding carboxylic acids is 3. The maximum absolute atomic E-state index is 12.5. The van der Waals surface area contributed by atoms with Crippen molar-refractivity contribution >= 4 is 17.9 Å². The number of hydrogen-bond acceptors (Lipinski definition) is 8. The van der Waals surface area contributed by atoms with Gasteiger partial charge in [0, 0.05) is 30.3 Å². The van der Waals surface area contributed by atoms with Crippen molar-refractivity contribution in [1.82, 2.24) is 0 Å². The summed E-state index contributed by atoms with van der Waals surface area (Å²) in [5.41, 5.74) is -0.977. The van der Waals surface area contributed by atoms with Gasteiger partial charge in [-0.25, -0.2) is 4.79 Å². The Hall–Kier alpha value is -1.93. The Balaban J connectivity index is 2.08. The molecule has 10 unspecified atom stereocenters. The van der Waals surface area contributed by atoms with Crippen molar-refractivity contribution in [1.29, 1.82) is 0 Å². The molecule has 8 heteroatoms. The van der Waals surface area contributed by atoms with Gasteiger partial charge in [-0.05, 0) is 12.3 Å². The van der Waals surface area contributed by atoms with Crippen molar-refractivity contribution in [3.05, 3.63) is 12.2 Å². The van der Waals surface area contributed by atoms with Gasteiger partial charge in [0.2, 0.25) is 0 Å². The Morgan fingerprint density at radius 1 is 1.33 bits per heavy atom. The predicted molar refractivity (Wildman–Crippen MR) is 105 cm³/mol. The molecule has 3 rings (SSSR count). The number of ether oxygens (including phenoxy) is 3. The molecule has 8 nitrogen and oxygen atoms in total. The quantitative estimate of drug-likeness (QED) is 0.395. The van der Waals surface area contributed by atoms with Crippen LogP contribution in [0.15, 0.2) is 12.2 Å². The minimum Gasteiger partial charge on any atom is -0.462 e. The highest BCUT2D eigenvalue weighted by molar-refractivity contribution is 5.91. The van der Waals surface area contributed by atoms with Crippen LogP contribution in [-0.4, -0.2) is 58.6 Å². The van der Waals surface area contributed by atoms with Crippen LogP contribution < -0.4 is 0 Å². The van der Waals surface area contributed by atoms with Crippen molar-refractivity contribution in [2.75, 3.05) is 0 Å². The fraction of sp³-hybridized carbons (Fsp3) is 0.773. The van der Waals surface area contributed by atoms with Crippen LogP contribution in [0.1, 0.15) is 47.5 Å². The van der Waals surface area contributed by atoms with Crippen molar-refractivity contribution in [2.24, 2.45) is 29.1 Å². The number of carbonyl (C=O) groups is 3. The van der Waals surface area contributed by atoms with Gasteiger partial charge in [-0.15, -0.1) is 0 Å². The number of hydrogen-bond donors (Lipinski definition) is 2. The molecule has 2 N–H and O–H groups in total. The minimum absolute atomic E-state index is 0.103. The van der Waals surface area contributed by atoms with Crippen molar-refractivity contribution in [3.8, 4) is 0 Å². The molecule has 1 aliphatic heterocycles. The average molecular weight is 424 g/mol. The SMILES string of the molecule is C=C1C(=O)OC2C(O)C(C)C3C(OC(=O)C(C)CC)CC(O)C3(C)C(OC(C)=O)C12. The van der Waals surface area contributed by atoms with Gasteiger partial charge in [0.05, 0.1) is 24.0 Å². The molecule has 0 aromatic heterocycles. The summed E-state index contributed by atoms with van der Waals surface area (Å²) < 4.78 is 16.9. The summed E-state index contributed by atoms with van der Waals surface area (Å²) in [4.78, 5) is 36.7. The average Bonchev–Trinajstić information content (AvgIpc) is 3.09. The molecule has 0 amide bonds. The van der Waals surface area contributed by atoms with E-state index in [0.717, 1.165) is 0 Å². The van der Waals surface area contributed by atoms with Crippen LogP contribution in [0.25, 0.3) is 0 Å². The Labute approximate surface area is 176 Å². The van der Waals surface area contributed by atoms with Crippen molar-refractivity contribution < 1.29 is 38.8 Å². The van der Waals surface area contributed by atoms with E-state index >= 15 is 0 Å². The first-order valence-corrected chi connectivity index (χ1v) is 10.6. The zero-order valence-corrected chi connectivity index (χ0v) is 18.2. The highest BCUT2D eigenvalue weighted by Crippen LogP contribution is 2.58. The first-order chi connectivity index (χ1) is 13.9. The van der Waals surface area contributed by atoms with E-state index in [0.29, 0.717) is 6.42 Å². The standard InChI is InChI=1S/C22H32O8/c1-7-9(2)20(26)29-13-8-14(24)22(6)16(13)11(4)17(25)18-15(10(3)21(27)30-18)19(22)28-12(5)23/h9,11,13-19,24-25H,3,7-8H2,1-2,4-6H3. The molecule has 30 heavy (non-hydrogen) atoms. The fourth-order valence-corrected chi connectivity index (χ4v) is 5.60. The zero-order valence-electron chi connectivity index (χ0n) is 18.2. The second kappa shape index (κ2) is 7.96. The first-order valence-electron chi connectivity index (χ1n) is 10.6. The normalized spacial score (nSPS) is 43.8. The molecule has 3 aliphatic rings. The van der Waals surface area contributed by atoms with Gasteiger partial charge in [-0.3, -0.25) is 9.59 Å². The van der Waals surface area contributed by atoms with Crippen LogP contribution in [0.3, 0.4) is 0 Å². The molecule has 1 saturated heterocycles. The number of esters is 3. The van der Waals surface area contributed by atoms with E-state index in [1.54, 1.807) is 20.8 Å². The maximum atomic E-state index is 12.5. The number of rotatable bonds is 4. The van der Waals surface area contributed by atoms with E-state index in [4.69, 9.17) is 14.2 Å². The van der Waals surface area contributed by atoms with Crippen molar-refractivity contribution in [3.63, 3.8) is 0 Å².